The van der Waals surface area contributed by atoms with Gasteiger partial charge in [-0.25, -0.2) is 0 Å². The average Bonchev–Trinajstić information content (AvgIpc) is 3.56. The minimum absolute atomic E-state index is 0.0869. The molecular weight excluding hydrogens is 320 g/mol. The summed E-state index contributed by atoms with van der Waals surface area (Å²) in [5.74, 6) is 6.56. The van der Waals surface area contributed by atoms with Gasteiger partial charge < -0.3 is 4.74 Å². The summed E-state index contributed by atoms with van der Waals surface area (Å²) in [6, 6.07) is 0. The standard InChI is InChI=1S/C24H30O2/c1-2-23-8-6-15-14-5-4-13(25)10-16(14)17-11-18(17)21(15)22(23)19-12-20(19)24(23)7-3-9-26-24/h3,7,15,17-22H,2,4-6,8-12H2,1H3/t15-,17+,18+,19-,20+,21+,22+,23+,24+/m1/s1. The van der Waals surface area contributed by atoms with Gasteiger partial charge in [0, 0.05) is 18.3 Å². The Kier molecular flexibility index (Phi) is 2.65. The van der Waals surface area contributed by atoms with Crippen molar-refractivity contribution in [1.82, 2.24) is 0 Å². The van der Waals surface area contributed by atoms with Crippen LogP contribution in [0.15, 0.2) is 23.3 Å². The molecule has 138 valence electrons. The third-order valence-electron chi connectivity index (χ3n) is 10.2. The van der Waals surface area contributed by atoms with Crippen LogP contribution in [0.5, 0.6) is 0 Å². The lowest BCUT2D eigenvalue weighted by atomic mass is 9.49. The molecule has 0 N–H and O–H groups in total. The van der Waals surface area contributed by atoms with Gasteiger partial charge in [-0.3, -0.25) is 4.79 Å². The van der Waals surface area contributed by atoms with E-state index < -0.39 is 0 Å². The van der Waals surface area contributed by atoms with Gasteiger partial charge in [0.2, 0.25) is 0 Å². The normalized spacial score (nSPS) is 58.2. The summed E-state index contributed by atoms with van der Waals surface area (Å²) < 4.78 is 6.60. The maximum absolute atomic E-state index is 12.1. The lowest BCUT2D eigenvalue weighted by molar-refractivity contribution is -0.136. The zero-order valence-corrected chi connectivity index (χ0v) is 15.9. The predicted molar refractivity (Wildman–Crippen MR) is 99.3 cm³/mol. The lowest BCUT2D eigenvalue weighted by Crippen LogP contribution is -2.55. The van der Waals surface area contributed by atoms with E-state index in [-0.39, 0.29) is 5.60 Å². The van der Waals surface area contributed by atoms with Crippen molar-refractivity contribution in [1.29, 1.82) is 0 Å². The number of hydrogen-bond acceptors (Lipinski definition) is 2. The van der Waals surface area contributed by atoms with Crippen LogP contribution in [-0.4, -0.2) is 18.0 Å². The number of carbonyl (C=O) groups is 1. The molecule has 6 aliphatic carbocycles. The van der Waals surface area contributed by atoms with Crippen LogP contribution >= 0.6 is 0 Å². The van der Waals surface area contributed by atoms with Crippen LogP contribution in [0.1, 0.15) is 58.3 Å². The predicted octanol–water partition coefficient (Wildman–Crippen LogP) is 4.70. The van der Waals surface area contributed by atoms with Crippen LogP contribution in [-0.2, 0) is 9.53 Å². The summed E-state index contributed by atoms with van der Waals surface area (Å²) in [6.07, 6.45) is 14.4. The number of fused-ring (bicyclic) bond motifs is 11. The Morgan fingerprint density at radius 2 is 2.08 bits per heavy atom. The van der Waals surface area contributed by atoms with Crippen LogP contribution in [0.2, 0.25) is 0 Å². The Morgan fingerprint density at radius 3 is 2.88 bits per heavy atom. The zero-order valence-electron chi connectivity index (χ0n) is 15.9. The molecule has 0 amide bonds. The van der Waals surface area contributed by atoms with Crippen molar-refractivity contribution in [2.24, 2.45) is 46.8 Å². The van der Waals surface area contributed by atoms with Gasteiger partial charge in [0.15, 0.2) is 0 Å². The molecule has 7 rings (SSSR count). The molecule has 26 heavy (non-hydrogen) atoms. The highest BCUT2D eigenvalue weighted by Crippen LogP contribution is 2.80. The van der Waals surface area contributed by atoms with Crippen molar-refractivity contribution in [2.45, 2.75) is 63.9 Å². The highest BCUT2D eigenvalue weighted by atomic mass is 16.5. The van der Waals surface area contributed by atoms with Gasteiger partial charge in [0.05, 0.1) is 12.2 Å². The van der Waals surface area contributed by atoms with Crippen LogP contribution < -0.4 is 0 Å². The first-order chi connectivity index (χ1) is 12.7. The zero-order chi connectivity index (χ0) is 17.3. The number of ketones is 1. The largest absolute Gasteiger partial charge is 0.366 e. The second-order valence-electron chi connectivity index (χ2n) is 10.5. The van der Waals surface area contributed by atoms with Crippen LogP contribution in [0.25, 0.3) is 0 Å². The highest BCUT2D eigenvalue weighted by Gasteiger charge is 2.78. The molecule has 2 nitrogen and oxygen atoms in total. The molecule has 4 saturated carbocycles. The van der Waals surface area contributed by atoms with Gasteiger partial charge in [-0.2, -0.15) is 0 Å². The van der Waals surface area contributed by atoms with E-state index in [0.29, 0.717) is 11.2 Å². The van der Waals surface area contributed by atoms with E-state index in [1.807, 2.05) is 0 Å². The molecule has 2 heteroatoms. The van der Waals surface area contributed by atoms with Crippen LogP contribution in [0.3, 0.4) is 0 Å². The van der Waals surface area contributed by atoms with Gasteiger partial charge in [0.25, 0.3) is 0 Å². The van der Waals surface area contributed by atoms with E-state index in [9.17, 15) is 4.79 Å². The molecule has 0 aromatic heterocycles. The summed E-state index contributed by atoms with van der Waals surface area (Å²) in [5, 5.41) is 0. The van der Waals surface area contributed by atoms with E-state index in [4.69, 9.17) is 4.74 Å². The molecule has 0 bridgehead atoms. The fourth-order valence-corrected chi connectivity index (χ4v) is 9.36. The first-order valence-corrected chi connectivity index (χ1v) is 11.3. The van der Waals surface area contributed by atoms with Gasteiger partial charge in [-0.05, 0) is 80.0 Å². The first kappa shape index (κ1) is 15.1. The summed E-state index contributed by atoms with van der Waals surface area (Å²) in [4.78, 5) is 12.1. The molecule has 0 aromatic carbocycles. The Bertz CT molecular complexity index is 777. The summed E-state index contributed by atoms with van der Waals surface area (Å²) in [6.45, 7) is 3.29. The molecule has 0 unspecified atom stereocenters. The fraction of sp³-hybridized carbons (Fsp3) is 0.792. The number of allylic oxidation sites excluding steroid dienone is 2. The van der Waals surface area contributed by atoms with E-state index in [1.165, 1.54) is 32.1 Å². The van der Waals surface area contributed by atoms with Crippen LogP contribution in [0, 0.1) is 46.8 Å². The number of ether oxygens (including phenoxy) is 1. The van der Waals surface area contributed by atoms with Crippen molar-refractivity contribution < 1.29 is 9.53 Å². The van der Waals surface area contributed by atoms with Crippen LogP contribution in [0.4, 0.5) is 0 Å². The molecule has 9 atom stereocenters. The van der Waals surface area contributed by atoms with Gasteiger partial charge in [-0.15, -0.1) is 0 Å². The number of carbonyl (C=O) groups excluding carboxylic acids is 1. The topological polar surface area (TPSA) is 26.3 Å². The Balaban J connectivity index is 1.35. The molecule has 0 radical (unpaired) electrons. The smallest absolute Gasteiger partial charge is 0.137 e. The van der Waals surface area contributed by atoms with E-state index in [0.717, 1.165) is 67.3 Å². The fourth-order valence-electron chi connectivity index (χ4n) is 9.36. The van der Waals surface area contributed by atoms with Crippen molar-refractivity contribution in [3.63, 3.8) is 0 Å². The number of rotatable bonds is 1. The monoisotopic (exact) mass is 350 g/mol. The molecule has 0 aromatic rings. The van der Waals surface area contributed by atoms with Crippen molar-refractivity contribution in [3.05, 3.63) is 23.3 Å². The van der Waals surface area contributed by atoms with Gasteiger partial charge >= 0.3 is 0 Å². The summed E-state index contributed by atoms with van der Waals surface area (Å²) in [7, 11) is 0. The van der Waals surface area contributed by atoms with E-state index >= 15 is 0 Å². The van der Waals surface area contributed by atoms with Crippen molar-refractivity contribution in [2.75, 3.05) is 6.61 Å². The average molecular weight is 351 g/mol. The second-order valence-corrected chi connectivity index (χ2v) is 10.5. The molecule has 0 saturated heterocycles. The third kappa shape index (κ3) is 1.49. The Hall–Kier alpha value is -0.890. The van der Waals surface area contributed by atoms with Gasteiger partial charge in [-0.1, -0.05) is 30.2 Å². The van der Waals surface area contributed by atoms with E-state index in [1.54, 1.807) is 11.1 Å². The minimum Gasteiger partial charge on any atom is -0.366 e. The number of hydrogen-bond donors (Lipinski definition) is 0. The maximum atomic E-state index is 12.1. The molecule has 7 aliphatic rings. The van der Waals surface area contributed by atoms with Crippen molar-refractivity contribution in [3.8, 4) is 0 Å². The van der Waals surface area contributed by atoms with Crippen molar-refractivity contribution >= 4 is 5.78 Å². The minimum atomic E-state index is 0.0869. The van der Waals surface area contributed by atoms with Gasteiger partial charge in [0.1, 0.15) is 5.78 Å². The molecule has 1 heterocycles. The highest BCUT2D eigenvalue weighted by molar-refractivity contribution is 5.83. The lowest BCUT2D eigenvalue weighted by Gasteiger charge is -2.57. The Morgan fingerprint density at radius 1 is 1.15 bits per heavy atom. The number of Topliss-reactive ketones (excluding diaryl/α,β-unsaturated/α-hetero) is 1. The SMILES string of the molecule is CC[C@]12CC[C@@H]3C4=C(CC(=O)CC4)[C@@H]4C[C@@H]4[C@H]3[C@@H]1[C@@H]1C[C@@H]1[C@@]21C=CCO1. The first-order valence-electron chi connectivity index (χ1n) is 11.3. The maximum Gasteiger partial charge on any atom is 0.137 e. The molecule has 1 aliphatic heterocycles. The molecular formula is C24H30O2. The second kappa shape index (κ2) is 4.57. The van der Waals surface area contributed by atoms with E-state index in [2.05, 4.69) is 19.1 Å². The third-order valence-corrected chi connectivity index (χ3v) is 10.2. The summed E-state index contributed by atoms with van der Waals surface area (Å²) in [5.41, 5.74) is 3.90. The quantitative estimate of drug-likeness (QED) is 0.641. The molecule has 4 fully saturated rings. The molecule has 1 spiro atoms. The Labute approximate surface area is 156 Å². The summed E-state index contributed by atoms with van der Waals surface area (Å²) >= 11 is 0.